The van der Waals surface area contributed by atoms with Gasteiger partial charge in [-0.25, -0.2) is 5.01 Å². The molecule has 90 valence electrons. The van der Waals surface area contributed by atoms with Crippen LogP contribution in [0.5, 0.6) is 5.75 Å². The summed E-state index contributed by atoms with van der Waals surface area (Å²) in [6.45, 7) is 2.87. The molecule has 0 saturated heterocycles. The van der Waals surface area contributed by atoms with Crippen molar-refractivity contribution in [3.8, 4) is 5.75 Å². The fourth-order valence-corrected chi connectivity index (χ4v) is 1.65. The summed E-state index contributed by atoms with van der Waals surface area (Å²) in [5.41, 5.74) is 6.92. The van der Waals surface area contributed by atoms with Gasteiger partial charge in [-0.05, 0) is 31.2 Å². The Kier molecular flexibility index (Phi) is 3.39. The molecule has 0 unspecified atom stereocenters. The highest BCUT2D eigenvalue weighted by atomic mass is 16.5. The molecule has 1 aromatic rings. The standard InChI is InChI=1S/C12H15N3O2/c1-2-17-11-5-3-10(4-6-11)15-12(16)7-9(8-13)14-15/h3-6H,2,7-8,13H2,1H3. The monoisotopic (exact) mass is 233 g/mol. The van der Waals surface area contributed by atoms with Crippen LogP contribution >= 0.6 is 0 Å². The van der Waals surface area contributed by atoms with E-state index in [0.717, 1.165) is 11.4 Å². The Morgan fingerprint density at radius 1 is 1.41 bits per heavy atom. The van der Waals surface area contributed by atoms with E-state index in [-0.39, 0.29) is 5.91 Å². The van der Waals surface area contributed by atoms with Gasteiger partial charge >= 0.3 is 0 Å². The van der Waals surface area contributed by atoms with Gasteiger partial charge in [0.15, 0.2) is 0 Å². The number of amides is 1. The second-order valence-electron chi connectivity index (χ2n) is 3.68. The van der Waals surface area contributed by atoms with Gasteiger partial charge in [0.1, 0.15) is 5.75 Å². The number of benzene rings is 1. The van der Waals surface area contributed by atoms with Gasteiger partial charge in [0.25, 0.3) is 5.91 Å². The SMILES string of the molecule is CCOc1ccc(N2N=C(CN)CC2=O)cc1. The predicted octanol–water partition coefficient (Wildman–Crippen LogP) is 1.14. The minimum absolute atomic E-state index is 0.0467. The van der Waals surface area contributed by atoms with E-state index in [1.807, 2.05) is 31.2 Å². The predicted molar refractivity (Wildman–Crippen MR) is 66.2 cm³/mol. The first-order valence-electron chi connectivity index (χ1n) is 5.57. The summed E-state index contributed by atoms with van der Waals surface area (Å²) in [5.74, 6) is 0.737. The van der Waals surface area contributed by atoms with Gasteiger partial charge in [-0.3, -0.25) is 4.79 Å². The summed E-state index contributed by atoms with van der Waals surface area (Å²) < 4.78 is 5.33. The maximum absolute atomic E-state index is 11.7. The lowest BCUT2D eigenvalue weighted by molar-refractivity contribution is -0.116. The van der Waals surface area contributed by atoms with E-state index in [4.69, 9.17) is 10.5 Å². The molecule has 0 bridgehead atoms. The van der Waals surface area contributed by atoms with E-state index in [9.17, 15) is 4.79 Å². The van der Waals surface area contributed by atoms with E-state index in [0.29, 0.717) is 25.3 Å². The minimum Gasteiger partial charge on any atom is -0.494 e. The topological polar surface area (TPSA) is 67.9 Å². The van der Waals surface area contributed by atoms with Gasteiger partial charge in [-0.1, -0.05) is 0 Å². The number of hydrogen-bond donors (Lipinski definition) is 1. The van der Waals surface area contributed by atoms with Gasteiger partial charge in [-0.15, -0.1) is 0 Å². The van der Waals surface area contributed by atoms with E-state index in [1.165, 1.54) is 5.01 Å². The molecule has 0 atom stereocenters. The largest absolute Gasteiger partial charge is 0.494 e. The van der Waals surface area contributed by atoms with Gasteiger partial charge in [0.05, 0.1) is 24.4 Å². The molecule has 0 aromatic heterocycles. The van der Waals surface area contributed by atoms with E-state index in [2.05, 4.69) is 5.10 Å². The highest BCUT2D eigenvalue weighted by molar-refractivity contribution is 6.13. The molecular weight excluding hydrogens is 218 g/mol. The molecule has 1 amide bonds. The molecule has 1 aliphatic rings. The number of nitrogens with zero attached hydrogens (tertiary/aromatic N) is 2. The number of anilines is 1. The number of nitrogens with two attached hydrogens (primary N) is 1. The van der Waals surface area contributed by atoms with Gasteiger partial charge in [0, 0.05) is 6.54 Å². The van der Waals surface area contributed by atoms with Crippen LogP contribution in [0.1, 0.15) is 13.3 Å². The summed E-state index contributed by atoms with van der Waals surface area (Å²) in [5, 5.41) is 5.55. The third kappa shape index (κ3) is 2.45. The lowest BCUT2D eigenvalue weighted by Crippen LogP contribution is -2.19. The Labute approximate surface area is 99.9 Å². The third-order valence-electron chi connectivity index (χ3n) is 2.46. The smallest absolute Gasteiger partial charge is 0.253 e. The lowest BCUT2D eigenvalue weighted by atomic mass is 10.2. The summed E-state index contributed by atoms with van der Waals surface area (Å²) in [6, 6.07) is 7.27. The fraction of sp³-hybridized carbons (Fsp3) is 0.333. The van der Waals surface area contributed by atoms with Crippen molar-refractivity contribution in [1.29, 1.82) is 0 Å². The van der Waals surface area contributed by atoms with E-state index >= 15 is 0 Å². The van der Waals surface area contributed by atoms with Crippen molar-refractivity contribution in [3.63, 3.8) is 0 Å². The average molecular weight is 233 g/mol. The van der Waals surface area contributed by atoms with E-state index in [1.54, 1.807) is 0 Å². The Balaban J connectivity index is 2.17. The summed E-state index contributed by atoms with van der Waals surface area (Å²) in [6.07, 6.45) is 0.309. The number of rotatable bonds is 4. The lowest BCUT2D eigenvalue weighted by Gasteiger charge is -2.12. The van der Waals surface area contributed by atoms with Crippen LogP contribution in [0.15, 0.2) is 29.4 Å². The van der Waals surface area contributed by atoms with Crippen molar-refractivity contribution in [2.24, 2.45) is 10.8 Å². The molecule has 0 spiro atoms. The Morgan fingerprint density at radius 2 is 2.12 bits per heavy atom. The van der Waals surface area contributed by atoms with Crippen molar-refractivity contribution in [2.45, 2.75) is 13.3 Å². The fourth-order valence-electron chi connectivity index (χ4n) is 1.65. The molecule has 1 heterocycles. The molecule has 2 rings (SSSR count). The van der Waals surface area contributed by atoms with Crippen LogP contribution in [0.4, 0.5) is 5.69 Å². The maximum atomic E-state index is 11.7. The zero-order valence-electron chi connectivity index (χ0n) is 9.72. The molecule has 5 heteroatoms. The number of hydrazone groups is 1. The minimum atomic E-state index is -0.0467. The van der Waals surface area contributed by atoms with Crippen molar-refractivity contribution >= 4 is 17.3 Å². The molecular formula is C12H15N3O2. The molecule has 0 radical (unpaired) electrons. The molecule has 17 heavy (non-hydrogen) atoms. The Bertz CT molecular complexity index is 440. The third-order valence-corrected chi connectivity index (χ3v) is 2.46. The molecule has 5 nitrogen and oxygen atoms in total. The van der Waals surface area contributed by atoms with Gasteiger partial charge in [-0.2, -0.15) is 5.10 Å². The van der Waals surface area contributed by atoms with Crippen molar-refractivity contribution in [1.82, 2.24) is 0 Å². The number of carbonyl (C=O) groups excluding carboxylic acids is 1. The van der Waals surface area contributed by atoms with Gasteiger partial charge in [0.2, 0.25) is 0 Å². The first kappa shape index (κ1) is 11.6. The zero-order chi connectivity index (χ0) is 12.3. The van der Waals surface area contributed by atoms with E-state index < -0.39 is 0 Å². The first-order chi connectivity index (χ1) is 8.24. The highest BCUT2D eigenvalue weighted by Crippen LogP contribution is 2.23. The first-order valence-corrected chi connectivity index (χ1v) is 5.57. The van der Waals surface area contributed by atoms with Crippen LogP contribution in [0, 0.1) is 0 Å². The number of carbonyl (C=O) groups is 1. The molecule has 1 aliphatic heterocycles. The summed E-state index contributed by atoms with van der Waals surface area (Å²) >= 11 is 0. The molecule has 1 aromatic carbocycles. The normalized spacial score (nSPS) is 15.1. The van der Waals surface area contributed by atoms with Gasteiger partial charge < -0.3 is 10.5 Å². The Morgan fingerprint density at radius 3 is 2.65 bits per heavy atom. The van der Waals surface area contributed by atoms with Crippen molar-refractivity contribution < 1.29 is 9.53 Å². The zero-order valence-corrected chi connectivity index (χ0v) is 9.72. The van der Waals surface area contributed by atoms with Crippen molar-refractivity contribution in [3.05, 3.63) is 24.3 Å². The van der Waals surface area contributed by atoms with Crippen LogP contribution in [0.25, 0.3) is 0 Å². The molecule has 0 saturated carbocycles. The van der Waals surface area contributed by atoms with Crippen molar-refractivity contribution in [2.75, 3.05) is 18.2 Å². The van der Waals surface area contributed by atoms with Crippen LogP contribution in [-0.4, -0.2) is 24.8 Å². The molecule has 2 N–H and O–H groups in total. The van der Waals surface area contributed by atoms with Crippen LogP contribution in [0.2, 0.25) is 0 Å². The average Bonchev–Trinajstić information content (AvgIpc) is 2.72. The highest BCUT2D eigenvalue weighted by Gasteiger charge is 2.23. The second kappa shape index (κ2) is 4.97. The van der Waals surface area contributed by atoms with Crippen LogP contribution in [-0.2, 0) is 4.79 Å². The number of ether oxygens (including phenoxy) is 1. The Hall–Kier alpha value is -1.88. The number of hydrogen-bond acceptors (Lipinski definition) is 4. The second-order valence-corrected chi connectivity index (χ2v) is 3.68. The molecule has 0 aliphatic carbocycles. The molecule has 0 fully saturated rings. The summed E-state index contributed by atoms with van der Waals surface area (Å²) in [7, 11) is 0. The van der Waals surface area contributed by atoms with Crippen LogP contribution in [0.3, 0.4) is 0 Å². The quantitative estimate of drug-likeness (QED) is 0.847. The maximum Gasteiger partial charge on any atom is 0.253 e. The summed E-state index contributed by atoms with van der Waals surface area (Å²) in [4.78, 5) is 11.7. The van der Waals surface area contributed by atoms with Crippen LogP contribution < -0.4 is 15.5 Å².